The third kappa shape index (κ3) is 5.43. The van der Waals surface area contributed by atoms with E-state index in [-0.39, 0.29) is 17.1 Å². The van der Waals surface area contributed by atoms with Crippen molar-refractivity contribution in [2.45, 2.75) is 45.3 Å². The van der Waals surface area contributed by atoms with Gasteiger partial charge in [-0.15, -0.1) is 0 Å². The van der Waals surface area contributed by atoms with Crippen molar-refractivity contribution in [3.8, 4) is 0 Å². The van der Waals surface area contributed by atoms with Crippen molar-refractivity contribution in [2.24, 2.45) is 5.92 Å². The van der Waals surface area contributed by atoms with Gasteiger partial charge in [0.1, 0.15) is 11.6 Å². The number of hydrogen-bond acceptors (Lipinski definition) is 2. The molecule has 0 radical (unpaired) electrons. The van der Waals surface area contributed by atoms with Gasteiger partial charge in [0.15, 0.2) is 6.29 Å². The van der Waals surface area contributed by atoms with Crippen molar-refractivity contribution < 1.29 is 18.3 Å². The predicted molar refractivity (Wildman–Crippen MR) is 121 cm³/mol. The molecule has 1 heterocycles. The van der Waals surface area contributed by atoms with Gasteiger partial charge in [-0.3, -0.25) is 0 Å². The molecular weight excluding hydrogens is 418 g/mol. The van der Waals surface area contributed by atoms with Gasteiger partial charge in [-0.1, -0.05) is 54.9 Å². The van der Waals surface area contributed by atoms with E-state index in [1.807, 2.05) is 30.3 Å². The van der Waals surface area contributed by atoms with Gasteiger partial charge in [-0.2, -0.15) is 0 Å². The highest BCUT2D eigenvalue weighted by molar-refractivity contribution is 6.30. The molecule has 1 aliphatic heterocycles. The molecule has 31 heavy (non-hydrogen) atoms. The minimum absolute atomic E-state index is 0.100. The normalized spacial score (nSPS) is 19.1. The molecule has 0 spiro atoms. The first kappa shape index (κ1) is 22.2. The quantitative estimate of drug-likeness (QED) is 0.395. The molecular formula is C26H27ClF2O2. The summed E-state index contributed by atoms with van der Waals surface area (Å²) in [6.45, 7) is 3.67. The Hall–Kier alpha value is -2.01. The zero-order valence-electron chi connectivity index (χ0n) is 17.7. The molecule has 4 rings (SSSR count). The second-order valence-corrected chi connectivity index (χ2v) is 8.66. The van der Waals surface area contributed by atoms with Gasteiger partial charge < -0.3 is 9.47 Å². The molecule has 1 fully saturated rings. The lowest BCUT2D eigenvalue weighted by molar-refractivity contribution is -0.202. The average Bonchev–Trinajstić information content (AvgIpc) is 2.80. The Morgan fingerprint density at radius 2 is 1.65 bits per heavy atom. The van der Waals surface area contributed by atoms with E-state index in [0.717, 1.165) is 49.0 Å². The molecule has 0 bridgehead atoms. The lowest BCUT2D eigenvalue weighted by atomic mass is 9.98. The van der Waals surface area contributed by atoms with E-state index < -0.39 is 5.82 Å². The topological polar surface area (TPSA) is 18.5 Å². The van der Waals surface area contributed by atoms with Crippen LogP contribution >= 0.6 is 11.6 Å². The molecule has 1 saturated heterocycles. The van der Waals surface area contributed by atoms with Crippen molar-refractivity contribution in [1.82, 2.24) is 0 Å². The standard InChI is InChI=1S/C26H27ClF2O2/c1-2-17-15-30-25(31-16-17)12-6-18-4-10-22-21(13-18)9-8-20(26(22)29)7-3-19-5-11-23(27)24(28)14-19/h4-5,8-11,13-14,17,25H,2-3,6-7,12,15-16H2,1H3. The summed E-state index contributed by atoms with van der Waals surface area (Å²) >= 11 is 5.73. The van der Waals surface area contributed by atoms with Crippen LogP contribution in [0.15, 0.2) is 48.5 Å². The fraction of sp³-hybridized carbons (Fsp3) is 0.385. The van der Waals surface area contributed by atoms with Gasteiger partial charge in [0.2, 0.25) is 0 Å². The summed E-state index contributed by atoms with van der Waals surface area (Å²) < 4.78 is 40.3. The number of ether oxygens (including phenoxy) is 2. The van der Waals surface area contributed by atoms with Gasteiger partial charge in [-0.05, 0) is 59.9 Å². The van der Waals surface area contributed by atoms with Crippen LogP contribution in [0.25, 0.3) is 10.8 Å². The summed E-state index contributed by atoms with van der Waals surface area (Å²) in [6.07, 6.45) is 3.58. The van der Waals surface area contributed by atoms with E-state index in [1.54, 1.807) is 6.07 Å². The van der Waals surface area contributed by atoms with Gasteiger partial charge in [-0.25, -0.2) is 8.78 Å². The molecule has 1 aliphatic rings. The molecule has 0 aromatic heterocycles. The van der Waals surface area contributed by atoms with Crippen molar-refractivity contribution in [3.05, 3.63) is 81.9 Å². The van der Waals surface area contributed by atoms with Crippen LogP contribution < -0.4 is 0 Å². The van der Waals surface area contributed by atoms with Crippen molar-refractivity contribution in [1.29, 1.82) is 0 Å². The van der Waals surface area contributed by atoms with E-state index in [9.17, 15) is 4.39 Å². The van der Waals surface area contributed by atoms with Crippen molar-refractivity contribution in [2.75, 3.05) is 13.2 Å². The van der Waals surface area contributed by atoms with Gasteiger partial charge in [0, 0.05) is 17.7 Å². The van der Waals surface area contributed by atoms with Crippen LogP contribution in [0.1, 0.15) is 36.5 Å². The first-order valence-electron chi connectivity index (χ1n) is 10.9. The third-order valence-electron chi connectivity index (χ3n) is 6.05. The number of hydrogen-bond donors (Lipinski definition) is 0. The maximum atomic E-state index is 15.1. The summed E-state index contributed by atoms with van der Waals surface area (Å²) in [5, 5.41) is 1.59. The second-order valence-electron chi connectivity index (χ2n) is 8.25. The summed E-state index contributed by atoms with van der Waals surface area (Å²) in [5.41, 5.74) is 2.57. The minimum Gasteiger partial charge on any atom is -0.352 e. The molecule has 0 N–H and O–H groups in total. The average molecular weight is 445 g/mol. The van der Waals surface area contributed by atoms with Crippen molar-refractivity contribution in [3.63, 3.8) is 0 Å². The summed E-state index contributed by atoms with van der Waals surface area (Å²) in [5.74, 6) is -0.157. The molecule has 164 valence electrons. The smallest absolute Gasteiger partial charge is 0.157 e. The maximum absolute atomic E-state index is 15.1. The monoisotopic (exact) mass is 444 g/mol. The molecule has 0 aliphatic carbocycles. The van der Waals surface area contributed by atoms with Crippen LogP contribution in [-0.4, -0.2) is 19.5 Å². The van der Waals surface area contributed by atoms with Crippen LogP contribution in [0.3, 0.4) is 0 Å². The fourth-order valence-corrected chi connectivity index (χ4v) is 4.10. The first-order valence-corrected chi connectivity index (χ1v) is 11.3. The molecule has 0 unspecified atom stereocenters. The van der Waals surface area contributed by atoms with Crippen LogP contribution in [0, 0.1) is 17.6 Å². The Bertz CT molecular complexity index is 1050. The highest BCUT2D eigenvalue weighted by Crippen LogP contribution is 2.25. The predicted octanol–water partition coefficient (Wildman–Crippen LogP) is 6.89. The van der Waals surface area contributed by atoms with Crippen LogP contribution in [-0.2, 0) is 28.7 Å². The number of aryl methyl sites for hydroxylation is 3. The largest absolute Gasteiger partial charge is 0.352 e. The SMILES string of the molecule is CCC1COC(CCc2ccc3c(F)c(CCc4ccc(Cl)c(F)c4)ccc3c2)OC1. The second kappa shape index (κ2) is 10.1. The van der Waals surface area contributed by atoms with Gasteiger partial charge in [0.05, 0.1) is 18.2 Å². The molecule has 3 aromatic carbocycles. The van der Waals surface area contributed by atoms with E-state index >= 15 is 4.39 Å². The summed E-state index contributed by atoms with van der Waals surface area (Å²) in [6, 6.07) is 14.4. The summed E-state index contributed by atoms with van der Waals surface area (Å²) in [4.78, 5) is 0. The number of halogens is 3. The van der Waals surface area contributed by atoms with E-state index in [4.69, 9.17) is 21.1 Å². The van der Waals surface area contributed by atoms with Gasteiger partial charge >= 0.3 is 0 Å². The first-order chi connectivity index (χ1) is 15.0. The fourth-order valence-electron chi connectivity index (χ4n) is 3.98. The Labute approximate surface area is 187 Å². The molecule has 3 aromatic rings. The summed E-state index contributed by atoms with van der Waals surface area (Å²) in [7, 11) is 0. The van der Waals surface area contributed by atoms with Gasteiger partial charge in [0.25, 0.3) is 0 Å². The Kier molecular flexibility index (Phi) is 7.21. The van der Waals surface area contributed by atoms with E-state index in [0.29, 0.717) is 29.7 Å². The lowest BCUT2D eigenvalue weighted by Gasteiger charge is -2.28. The highest BCUT2D eigenvalue weighted by atomic mass is 35.5. The maximum Gasteiger partial charge on any atom is 0.157 e. The Balaban J connectivity index is 1.39. The highest BCUT2D eigenvalue weighted by Gasteiger charge is 2.20. The Morgan fingerprint density at radius 3 is 2.39 bits per heavy atom. The van der Waals surface area contributed by atoms with E-state index in [1.165, 1.54) is 12.1 Å². The molecule has 5 heteroatoms. The molecule has 0 amide bonds. The zero-order chi connectivity index (χ0) is 21.8. The lowest BCUT2D eigenvalue weighted by Crippen LogP contribution is -2.32. The Morgan fingerprint density at radius 1 is 0.903 bits per heavy atom. The molecule has 2 nitrogen and oxygen atoms in total. The van der Waals surface area contributed by atoms with E-state index in [2.05, 4.69) is 6.92 Å². The molecule has 0 saturated carbocycles. The molecule has 0 atom stereocenters. The zero-order valence-corrected chi connectivity index (χ0v) is 18.4. The van der Waals surface area contributed by atoms with Crippen molar-refractivity contribution >= 4 is 22.4 Å². The minimum atomic E-state index is -0.445. The third-order valence-corrected chi connectivity index (χ3v) is 6.35. The number of rotatable bonds is 7. The van der Waals surface area contributed by atoms with Crippen LogP contribution in [0.5, 0.6) is 0 Å². The van der Waals surface area contributed by atoms with Crippen LogP contribution in [0.4, 0.5) is 8.78 Å². The van der Waals surface area contributed by atoms with Crippen LogP contribution in [0.2, 0.25) is 5.02 Å². The number of benzene rings is 3. The number of fused-ring (bicyclic) bond motifs is 1.